The Hall–Kier alpha value is -0.0800. The molecule has 0 spiro atoms. The summed E-state index contributed by atoms with van der Waals surface area (Å²) in [6.07, 6.45) is 1.31. The highest BCUT2D eigenvalue weighted by Crippen LogP contribution is 2.07. The Morgan fingerprint density at radius 2 is 2.00 bits per heavy atom. The van der Waals surface area contributed by atoms with E-state index >= 15 is 0 Å². The number of hydrogen-bond donors (Lipinski definition) is 1. The van der Waals surface area contributed by atoms with Gasteiger partial charge in [0.25, 0.3) is 0 Å². The number of methoxy groups -OCH3 is 1. The Morgan fingerprint density at radius 3 is 2.11 bits per heavy atom. The minimum Gasteiger partial charge on any atom is -0.381 e. The van der Waals surface area contributed by atoms with Gasteiger partial charge in [0.05, 0.1) is 6.10 Å². The average Bonchev–Trinajstić information content (AvgIpc) is 1.82. The van der Waals surface area contributed by atoms with Crippen LogP contribution >= 0.6 is 0 Å². The third kappa shape index (κ3) is 3.49. The SMILES string of the molecule is CO[C@H](CCN)C(C)C. The van der Waals surface area contributed by atoms with E-state index in [1.165, 1.54) is 0 Å². The van der Waals surface area contributed by atoms with Gasteiger partial charge in [-0.15, -0.1) is 0 Å². The molecule has 2 nitrogen and oxygen atoms in total. The van der Waals surface area contributed by atoms with Crippen LogP contribution in [-0.4, -0.2) is 19.8 Å². The maximum atomic E-state index is 5.36. The van der Waals surface area contributed by atoms with Crippen LogP contribution in [0.25, 0.3) is 0 Å². The fraction of sp³-hybridized carbons (Fsp3) is 1.00. The summed E-state index contributed by atoms with van der Waals surface area (Å²) in [4.78, 5) is 0. The van der Waals surface area contributed by atoms with Gasteiger partial charge >= 0.3 is 0 Å². The van der Waals surface area contributed by atoms with Crippen molar-refractivity contribution in [3.63, 3.8) is 0 Å². The molecule has 0 amide bonds. The maximum Gasteiger partial charge on any atom is 0.0606 e. The van der Waals surface area contributed by atoms with Crippen LogP contribution in [-0.2, 0) is 4.74 Å². The van der Waals surface area contributed by atoms with E-state index in [0.717, 1.165) is 13.0 Å². The van der Waals surface area contributed by atoms with E-state index < -0.39 is 0 Å². The van der Waals surface area contributed by atoms with Crippen molar-refractivity contribution in [1.82, 2.24) is 0 Å². The summed E-state index contributed by atoms with van der Waals surface area (Å²) in [6, 6.07) is 0. The molecule has 0 aliphatic carbocycles. The molecule has 2 heteroatoms. The predicted octanol–water partition coefficient (Wildman–Crippen LogP) is 1.01. The normalized spacial score (nSPS) is 14.3. The Bertz CT molecular complexity index is 63.9. The Morgan fingerprint density at radius 1 is 1.44 bits per heavy atom. The highest BCUT2D eigenvalue weighted by Gasteiger charge is 2.09. The maximum absolute atomic E-state index is 5.36. The van der Waals surface area contributed by atoms with Gasteiger partial charge in [0, 0.05) is 7.11 Å². The summed E-state index contributed by atoms with van der Waals surface area (Å²) in [5, 5.41) is 0. The molecule has 0 aliphatic heterocycles. The van der Waals surface area contributed by atoms with E-state index in [9.17, 15) is 0 Å². The zero-order valence-corrected chi connectivity index (χ0v) is 6.55. The third-order valence-corrected chi connectivity index (χ3v) is 1.50. The first-order valence-corrected chi connectivity index (χ1v) is 3.45. The van der Waals surface area contributed by atoms with Gasteiger partial charge in [-0.2, -0.15) is 0 Å². The lowest BCUT2D eigenvalue weighted by Gasteiger charge is -2.17. The topological polar surface area (TPSA) is 35.2 Å². The van der Waals surface area contributed by atoms with Gasteiger partial charge in [0.15, 0.2) is 0 Å². The van der Waals surface area contributed by atoms with Crippen LogP contribution in [0.3, 0.4) is 0 Å². The molecule has 0 aliphatic rings. The van der Waals surface area contributed by atoms with Crippen LogP contribution in [0.15, 0.2) is 0 Å². The van der Waals surface area contributed by atoms with Gasteiger partial charge in [0.2, 0.25) is 0 Å². The van der Waals surface area contributed by atoms with Crippen LogP contribution in [0.4, 0.5) is 0 Å². The van der Waals surface area contributed by atoms with Crippen molar-refractivity contribution in [2.45, 2.75) is 26.4 Å². The lowest BCUT2D eigenvalue weighted by molar-refractivity contribution is 0.0601. The monoisotopic (exact) mass is 131 g/mol. The number of rotatable bonds is 4. The molecule has 1 atom stereocenters. The zero-order valence-electron chi connectivity index (χ0n) is 6.55. The first-order chi connectivity index (χ1) is 4.22. The Kier molecular flexibility index (Phi) is 4.72. The molecule has 0 radical (unpaired) electrons. The van der Waals surface area contributed by atoms with E-state index in [1.54, 1.807) is 7.11 Å². The van der Waals surface area contributed by atoms with Crippen molar-refractivity contribution < 1.29 is 4.74 Å². The summed E-state index contributed by atoms with van der Waals surface area (Å²) in [5.74, 6) is 0.582. The van der Waals surface area contributed by atoms with Crippen LogP contribution in [0, 0.1) is 5.92 Å². The summed E-state index contributed by atoms with van der Waals surface area (Å²) >= 11 is 0. The highest BCUT2D eigenvalue weighted by atomic mass is 16.5. The van der Waals surface area contributed by atoms with E-state index in [2.05, 4.69) is 13.8 Å². The van der Waals surface area contributed by atoms with E-state index in [0.29, 0.717) is 12.0 Å². The smallest absolute Gasteiger partial charge is 0.0606 e. The average molecular weight is 131 g/mol. The van der Waals surface area contributed by atoms with E-state index in [4.69, 9.17) is 10.5 Å². The van der Waals surface area contributed by atoms with Crippen LogP contribution in [0.1, 0.15) is 20.3 Å². The van der Waals surface area contributed by atoms with Crippen molar-refractivity contribution in [2.75, 3.05) is 13.7 Å². The molecule has 0 unspecified atom stereocenters. The first kappa shape index (κ1) is 8.92. The summed E-state index contributed by atoms with van der Waals surface area (Å²) < 4.78 is 5.17. The lowest BCUT2D eigenvalue weighted by Crippen LogP contribution is -2.21. The summed E-state index contributed by atoms with van der Waals surface area (Å²) in [7, 11) is 1.74. The van der Waals surface area contributed by atoms with Crippen molar-refractivity contribution in [3.05, 3.63) is 0 Å². The van der Waals surface area contributed by atoms with Gasteiger partial charge in [-0.05, 0) is 18.9 Å². The van der Waals surface area contributed by atoms with Crippen molar-refractivity contribution in [3.8, 4) is 0 Å². The Balaban J connectivity index is 3.41. The molecule has 0 bridgehead atoms. The fourth-order valence-corrected chi connectivity index (χ4v) is 0.888. The molecule has 56 valence electrons. The van der Waals surface area contributed by atoms with Crippen molar-refractivity contribution in [2.24, 2.45) is 11.7 Å². The van der Waals surface area contributed by atoms with Gasteiger partial charge < -0.3 is 10.5 Å². The van der Waals surface area contributed by atoms with Crippen LogP contribution in [0.5, 0.6) is 0 Å². The zero-order chi connectivity index (χ0) is 7.28. The molecule has 0 rings (SSSR count). The molecule has 0 aromatic rings. The summed E-state index contributed by atoms with van der Waals surface area (Å²) in [5.41, 5.74) is 5.36. The number of ether oxygens (including phenoxy) is 1. The molecule has 0 saturated heterocycles. The molecule has 2 N–H and O–H groups in total. The van der Waals surface area contributed by atoms with E-state index in [-0.39, 0.29) is 0 Å². The minimum atomic E-state index is 0.343. The number of hydrogen-bond acceptors (Lipinski definition) is 2. The van der Waals surface area contributed by atoms with Crippen LogP contribution in [0.2, 0.25) is 0 Å². The van der Waals surface area contributed by atoms with Crippen molar-refractivity contribution in [1.29, 1.82) is 0 Å². The van der Waals surface area contributed by atoms with Gasteiger partial charge in [0.1, 0.15) is 0 Å². The second-order valence-corrected chi connectivity index (χ2v) is 2.60. The largest absolute Gasteiger partial charge is 0.381 e. The number of nitrogens with two attached hydrogens (primary N) is 1. The molecular weight excluding hydrogens is 114 g/mol. The quantitative estimate of drug-likeness (QED) is 0.618. The Labute approximate surface area is 57.4 Å². The van der Waals surface area contributed by atoms with Crippen molar-refractivity contribution >= 4 is 0 Å². The first-order valence-electron chi connectivity index (χ1n) is 3.45. The fourth-order valence-electron chi connectivity index (χ4n) is 0.888. The second kappa shape index (κ2) is 4.77. The van der Waals surface area contributed by atoms with Gasteiger partial charge in [-0.25, -0.2) is 0 Å². The minimum absolute atomic E-state index is 0.343. The standard InChI is InChI=1S/C7H17NO/c1-6(2)7(9-3)4-5-8/h6-7H,4-5,8H2,1-3H3/t7-/m1/s1. The van der Waals surface area contributed by atoms with E-state index in [1.807, 2.05) is 0 Å². The van der Waals surface area contributed by atoms with Gasteiger partial charge in [-0.1, -0.05) is 13.8 Å². The summed E-state index contributed by atoms with van der Waals surface area (Å²) in [6.45, 7) is 5.00. The predicted molar refractivity (Wildman–Crippen MR) is 39.3 cm³/mol. The molecule has 0 aromatic carbocycles. The molecule has 0 saturated carbocycles. The molecule has 0 heterocycles. The van der Waals surface area contributed by atoms with Crippen LogP contribution < -0.4 is 5.73 Å². The molecule has 0 fully saturated rings. The molecule has 0 aromatic heterocycles. The lowest BCUT2D eigenvalue weighted by atomic mass is 10.0. The van der Waals surface area contributed by atoms with Gasteiger partial charge in [-0.3, -0.25) is 0 Å². The molecular formula is C7H17NO. The molecule has 9 heavy (non-hydrogen) atoms. The highest BCUT2D eigenvalue weighted by molar-refractivity contribution is 4.61. The third-order valence-electron chi connectivity index (χ3n) is 1.50. The second-order valence-electron chi connectivity index (χ2n) is 2.60.